The molecule has 1 heterocycles. The molecule has 4 heteroatoms. The van der Waals surface area contributed by atoms with Gasteiger partial charge >= 0.3 is 0 Å². The molecule has 1 aromatic rings. The van der Waals surface area contributed by atoms with Gasteiger partial charge in [-0.2, -0.15) is 5.10 Å². The third kappa shape index (κ3) is 1.54. The molecular weight excluding hydrogens is 152 g/mol. The first-order valence-corrected chi connectivity index (χ1v) is 3.76. The van der Waals surface area contributed by atoms with Crippen molar-refractivity contribution < 1.29 is 0 Å². The van der Waals surface area contributed by atoms with Crippen molar-refractivity contribution in [2.45, 2.75) is 13.0 Å². The third-order valence-corrected chi connectivity index (χ3v) is 1.81. The van der Waals surface area contributed by atoms with E-state index in [-0.39, 0.29) is 6.04 Å². The second-order valence-electron chi connectivity index (χ2n) is 2.83. The molecule has 0 fully saturated rings. The van der Waals surface area contributed by atoms with Crippen molar-refractivity contribution >= 4 is 0 Å². The molecule has 0 aliphatic heterocycles. The molecule has 0 spiro atoms. The zero-order valence-corrected chi connectivity index (χ0v) is 7.41. The first-order chi connectivity index (χ1) is 5.66. The zero-order chi connectivity index (χ0) is 9.14. The number of rotatable bonds is 3. The van der Waals surface area contributed by atoms with Gasteiger partial charge in [0.1, 0.15) is 0 Å². The molecule has 4 nitrogen and oxygen atoms in total. The first-order valence-electron chi connectivity index (χ1n) is 3.76. The minimum absolute atomic E-state index is 0.0162. The Morgan fingerprint density at radius 2 is 2.50 bits per heavy atom. The average Bonchev–Trinajstić information content (AvgIpc) is 2.38. The van der Waals surface area contributed by atoms with Gasteiger partial charge in [0, 0.05) is 13.2 Å². The van der Waals surface area contributed by atoms with Crippen LogP contribution in [0.15, 0.2) is 24.4 Å². The summed E-state index contributed by atoms with van der Waals surface area (Å²) in [5.74, 6) is 5.38. The Morgan fingerprint density at radius 1 is 1.83 bits per heavy atom. The van der Waals surface area contributed by atoms with Gasteiger partial charge in [-0.3, -0.25) is 10.5 Å². The van der Waals surface area contributed by atoms with Gasteiger partial charge in [0.25, 0.3) is 0 Å². The minimum atomic E-state index is -0.0162. The first kappa shape index (κ1) is 8.96. The summed E-state index contributed by atoms with van der Waals surface area (Å²) in [6, 6.07) is 1.90. The number of aryl methyl sites for hydroxylation is 1. The molecule has 0 aliphatic carbocycles. The monoisotopic (exact) mass is 166 g/mol. The topological polar surface area (TPSA) is 55.9 Å². The van der Waals surface area contributed by atoms with Gasteiger partial charge < -0.3 is 0 Å². The number of nitrogens with two attached hydrogens (primary N) is 1. The third-order valence-electron chi connectivity index (χ3n) is 1.81. The summed E-state index contributed by atoms with van der Waals surface area (Å²) < 4.78 is 1.78. The summed E-state index contributed by atoms with van der Waals surface area (Å²) in [4.78, 5) is 0. The molecule has 0 bridgehead atoms. The fourth-order valence-electron chi connectivity index (χ4n) is 1.15. The van der Waals surface area contributed by atoms with Gasteiger partial charge in [-0.05, 0) is 13.0 Å². The van der Waals surface area contributed by atoms with E-state index in [0.717, 1.165) is 11.3 Å². The molecule has 12 heavy (non-hydrogen) atoms. The lowest BCUT2D eigenvalue weighted by molar-refractivity contribution is 0.568. The summed E-state index contributed by atoms with van der Waals surface area (Å²) in [7, 11) is 1.88. The van der Waals surface area contributed by atoms with E-state index in [0.29, 0.717) is 0 Å². The second kappa shape index (κ2) is 3.51. The smallest absolute Gasteiger partial charge is 0.0833 e. The summed E-state index contributed by atoms with van der Waals surface area (Å²) in [5, 5.41) is 4.05. The molecule has 3 N–H and O–H groups in total. The van der Waals surface area contributed by atoms with Gasteiger partial charge in [-0.1, -0.05) is 12.2 Å². The van der Waals surface area contributed by atoms with Crippen LogP contribution in [0.1, 0.15) is 18.7 Å². The summed E-state index contributed by atoms with van der Waals surface area (Å²) >= 11 is 0. The van der Waals surface area contributed by atoms with Gasteiger partial charge in [-0.25, -0.2) is 5.43 Å². The van der Waals surface area contributed by atoms with Crippen LogP contribution in [0.3, 0.4) is 0 Å². The van der Waals surface area contributed by atoms with Crippen LogP contribution in [0.2, 0.25) is 0 Å². The molecule has 0 saturated heterocycles. The molecule has 1 aromatic heterocycles. The SMILES string of the molecule is C=C(C)C(NN)c1ccnn1C. The molecule has 1 unspecified atom stereocenters. The van der Waals surface area contributed by atoms with Crippen molar-refractivity contribution in [1.29, 1.82) is 0 Å². The van der Waals surface area contributed by atoms with E-state index in [1.165, 1.54) is 0 Å². The lowest BCUT2D eigenvalue weighted by Crippen LogP contribution is -2.30. The highest BCUT2D eigenvalue weighted by Gasteiger charge is 2.12. The molecule has 66 valence electrons. The maximum atomic E-state index is 5.38. The summed E-state index contributed by atoms with van der Waals surface area (Å²) in [5.41, 5.74) is 4.68. The van der Waals surface area contributed by atoms with Crippen LogP contribution in [-0.4, -0.2) is 9.78 Å². The highest BCUT2D eigenvalue weighted by atomic mass is 15.3. The second-order valence-corrected chi connectivity index (χ2v) is 2.83. The van der Waals surface area contributed by atoms with E-state index in [2.05, 4.69) is 17.1 Å². The van der Waals surface area contributed by atoms with Crippen LogP contribution < -0.4 is 11.3 Å². The van der Waals surface area contributed by atoms with E-state index in [1.807, 2.05) is 20.0 Å². The van der Waals surface area contributed by atoms with Crippen LogP contribution in [0.4, 0.5) is 0 Å². The molecule has 0 amide bonds. The Bertz CT molecular complexity index is 276. The lowest BCUT2D eigenvalue weighted by atomic mass is 10.1. The van der Waals surface area contributed by atoms with E-state index in [1.54, 1.807) is 10.9 Å². The van der Waals surface area contributed by atoms with Crippen molar-refractivity contribution in [1.82, 2.24) is 15.2 Å². The standard InChI is InChI=1S/C8H14N4/c1-6(2)8(11-9)7-4-5-10-12(7)3/h4-5,8,11H,1,9H2,2-3H3. The van der Waals surface area contributed by atoms with Crippen molar-refractivity contribution in [3.05, 3.63) is 30.1 Å². The van der Waals surface area contributed by atoms with Crippen LogP contribution in [0.25, 0.3) is 0 Å². The predicted molar refractivity (Wildman–Crippen MR) is 48.1 cm³/mol. The molecular formula is C8H14N4. The maximum absolute atomic E-state index is 5.38. The van der Waals surface area contributed by atoms with Crippen molar-refractivity contribution in [2.75, 3.05) is 0 Å². The largest absolute Gasteiger partial charge is 0.271 e. The Kier molecular flexibility index (Phi) is 2.62. The lowest BCUT2D eigenvalue weighted by Gasteiger charge is -2.15. The highest BCUT2D eigenvalue weighted by Crippen LogP contribution is 2.17. The zero-order valence-electron chi connectivity index (χ0n) is 7.41. The Hall–Kier alpha value is -1.13. The molecule has 0 aromatic carbocycles. The Labute approximate surface area is 72.0 Å². The van der Waals surface area contributed by atoms with E-state index >= 15 is 0 Å². The van der Waals surface area contributed by atoms with E-state index < -0.39 is 0 Å². The number of nitrogens with one attached hydrogen (secondary N) is 1. The normalized spacial score (nSPS) is 12.9. The number of hydrazine groups is 1. The molecule has 0 radical (unpaired) electrons. The highest BCUT2D eigenvalue weighted by molar-refractivity contribution is 5.17. The predicted octanol–water partition coefficient (Wildman–Crippen LogP) is 0.501. The van der Waals surface area contributed by atoms with Gasteiger partial charge in [-0.15, -0.1) is 0 Å². The van der Waals surface area contributed by atoms with Crippen LogP contribution in [0.5, 0.6) is 0 Å². The summed E-state index contributed by atoms with van der Waals surface area (Å²) in [6.45, 7) is 5.77. The van der Waals surface area contributed by atoms with Crippen LogP contribution in [0, 0.1) is 0 Å². The Morgan fingerprint density at radius 3 is 2.83 bits per heavy atom. The van der Waals surface area contributed by atoms with Crippen molar-refractivity contribution in [2.24, 2.45) is 12.9 Å². The Balaban J connectivity index is 2.94. The molecule has 1 atom stereocenters. The number of aromatic nitrogens is 2. The van der Waals surface area contributed by atoms with Crippen molar-refractivity contribution in [3.8, 4) is 0 Å². The fraction of sp³-hybridized carbons (Fsp3) is 0.375. The van der Waals surface area contributed by atoms with E-state index in [9.17, 15) is 0 Å². The molecule has 1 rings (SSSR count). The van der Waals surface area contributed by atoms with E-state index in [4.69, 9.17) is 5.84 Å². The van der Waals surface area contributed by atoms with Crippen LogP contribution >= 0.6 is 0 Å². The molecule has 0 saturated carbocycles. The van der Waals surface area contributed by atoms with Gasteiger partial charge in [0.05, 0.1) is 11.7 Å². The quantitative estimate of drug-likeness (QED) is 0.390. The maximum Gasteiger partial charge on any atom is 0.0833 e. The van der Waals surface area contributed by atoms with Gasteiger partial charge in [0.15, 0.2) is 0 Å². The van der Waals surface area contributed by atoms with Crippen LogP contribution in [-0.2, 0) is 7.05 Å². The fourth-order valence-corrected chi connectivity index (χ4v) is 1.15. The summed E-state index contributed by atoms with van der Waals surface area (Å²) in [6.07, 6.45) is 1.74. The molecule has 0 aliphatic rings. The minimum Gasteiger partial charge on any atom is -0.271 e. The number of hydrogen-bond donors (Lipinski definition) is 2. The number of hydrogen-bond acceptors (Lipinski definition) is 3. The number of nitrogens with zero attached hydrogens (tertiary/aromatic N) is 2. The van der Waals surface area contributed by atoms with Gasteiger partial charge in [0.2, 0.25) is 0 Å². The average molecular weight is 166 g/mol. The van der Waals surface area contributed by atoms with Crippen molar-refractivity contribution in [3.63, 3.8) is 0 Å².